The summed E-state index contributed by atoms with van der Waals surface area (Å²) in [6.45, 7) is 10.5. The number of amides is 1. The predicted molar refractivity (Wildman–Crippen MR) is 113 cm³/mol. The van der Waals surface area contributed by atoms with Crippen molar-refractivity contribution in [3.05, 3.63) is 48.0 Å². The average molecular weight is 401 g/mol. The molecular formula is C22H28N2O3S. The van der Waals surface area contributed by atoms with Crippen LogP contribution in [-0.4, -0.2) is 26.9 Å². The Morgan fingerprint density at radius 1 is 1.00 bits per heavy atom. The van der Waals surface area contributed by atoms with Gasteiger partial charge in [0.25, 0.3) is 15.9 Å². The van der Waals surface area contributed by atoms with E-state index in [0.29, 0.717) is 35.2 Å². The van der Waals surface area contributed by atoms with Crippen molar-refractivity contribution in [1.82, 2.24) is 5.32 Å². The van der Waals surface area contributed by atoms with Crippen LogP contribution in [0, 0.1) is 11.8 Å². The van der Waals surface area contributed by atoms with Crippen LogP contribution in [0.15, 0.2) is 47.4 Å². The zero-order valence-electron chi connectivity index (χ0n) is 17.1. The Kier molecular flexibility index (Phi) is 5.53. The Balaban J connectivity index is 2.07. The minimum absolute atomic E-state index is 0.0725. The van der Waals surface area contributed by atoms with Gasteiger partial charge in [0.1, 0.15) is 0 Å². The lowest BCUT2D eigenvalue weighted by Crippen LogP contribution is -2.42. The standard InChI is InChI=1S/C22H28N2O3S/c1-6-24-19-12-11-16(22(25)23-21(14(2)3)15(4)5)13-18(19)17-9-7-8-10-20(17)28(24,26)27/h7-15,21H,6H2,1-5H3,(H,23,25). The van der Waals surface area contributed by atoms with Crippen molar-refractivity contribution in [3.63, 3.8) is 0 Å². The summed E-state index contributed by atoms with van der Waals surface area (Å²) in [6, 6.07) is 12.3. The molecule has 3 rings (SSSR count). The van der Waals surface area contributed by atoms with E-state index in [9.17, 15) is 13.2 Å². The number of carbonyl (C=O) groups excluding carboxylic acids is 1. The van der Waals surface area contributed by atoms with Gasteiger partial charge in [-0.1, -0.05) is 45.9 Å². The van der Waals surface area contributed by atoms with E-state index in [0.717, 1.165) is 5.56 Å². The number of benzene rings is 2. The molecule has 1 aliphatic heterocycles. The molecule has 150 valence electrons. The fourth-order valence-electron chi connectivity index (χ4n) is 3.95. The minimum Gasteiger partial charge on any atom is -0.349 e. The predicted octanol–water partition coefficient (Wildman–Crippen LogP) is 4.29. The van der Waals surface area contributed by atoms with Crippen molar-refractivity contribution >= 4 is 21.6 Å². The molecule has 0 saturated heterocycles. The second-order valence-electron chi connectivity index (χ2n) is 7.89. The molecule has 0 saturated carbocycles. The molecule has 2 aromatic carbocycles. The van der Waals surface area contributed by atoms with Crippen LogP contribution >= 0.6 is 0 Å². The summed E-state index contributed by atoms with van der Waals surface area (Å²) in [5, 5.41) is 3.13. The number of hydrogen-bond acceptors (Lipinski definition) is 3. The van der Waals surface area contributed by atoms with Crippen LogP contribution in [0.1, 0.15) is 45.0 Å². The van der Waals surface area contributed by atoms with Crippen molar-refractivity contribution in [1.29, 1.82) is 0 Å². The first kappa shape index (κ1) is 20.4. The SMILES string of the molecule is CCN1c2ccc(C(=O)NC(C(C)C)C(C)C)cc2-c2ccccc2S1(=O)=O. The zero-order valence-corrected chi connectivity index (χ0v) is 17.9. The molecule has 1 aliphatic rings. The summed E-state index contributed by atoms with van der Waals surface area (Å²) in [5.74, 6) is 0.509. The molecule has 0 aliphatic carbocycles. The highest BCUT2D eigenvalue weighted by atomic mass is 32.2. The summed E-state index contributed by atoms with van der Waals surface area (Å²) < 4.78 is 27.3. The van der Waals surface area contributed by atoms with E-state index in [1.807, 2.05) is 13.0 Å². The molecule has 6 heteroatoms. The summed E-state index contributed by atoms with van der Waals surface area (Å²) in [4.78, 5) is 13.2. The Labute approximate surface area is 167 Å². The molecule has 2 aromatic rings. The van der Waals surface area contributed by atoms with Gasteiger partial charge in [-0.25, -0.2) is 8.42 Å². The highest BCUT2D eigenvalue weighted by Crippen LogP contribution is 2.43. The Hall–Kier alpha value is -2.34. The normalized spacial score (nSPS) is 14.9. The van der Waals surface area contributed by atoms with E-state index in [4.69, 9.17) is 0 Å². The summed E-state index contributed by atoms with van der Waals surface area (Å²) >= 11 is 0. The van der Waals surface area contributed by atoms with Crippen LogP contribution in [0.2, 0.25) is 0 Å². The highest BCUT2D eigenvalue weighted by Gasteiger charge is 2.34. The number of fused-ring (bicyclic) bond motifs is 3. The van der Waals surface area contributed by atoms with E-state index in [1.165, 1.54) is 4.31 Å². The minimum atomic E-state index is -3.59. The molecule has 0 atom stereocenters. The van der Waals surface area contributed by atoms with Crippen LogP contribution in [0.3, 0.4) is 0 Å². The van der Waals surface area contributed by atoms with Gasteiger partial charge in [-0.2, -0.15) is 0 Å². The first-order valence-corrected chi connectivity index (χ1v) is 11.2. The summed E-state index contributed by atoms with van der Waals surface area (Å²) in [7, 11) is -3.59. The molecule has 1 heterocycles. The van der Waals surface area contributed by atoms with Crippen LogP contribution in [-0.2, 0) is 10.0 Å². The topological polar surface area (TPSA) is 66.5 Å². The van der Waals surface area contributed by atoms with E-state index < -0.39 is 10.0 Å². The number of hydrogen-bond donors (Lipinski definition) is 1. The molecule has 0 unspecified atom stereocenters. The van der Waals surface area contributed by atoms with Gasteiger partial charge < -0.3 is 5.32 Å². The molecule has 1 N–H and O–H groups in total. The number of nitrogens with zero attached hydrogens (tertiary/aromatic N) is 1. The maximum atomic E-state index is 13.0. The number of anilines is 1. The Bertz CT molecular complexity index is 989. The Morgan fingerprint density at radius 3 is 2.25 bits per heavy atom. The van der Waals surface area contributed by atoms with Gasteiger partial charge in [0.15, 0.2) is 0 Å². The smallest absolute Gasteiger partial charge is 0.264 e. The molecule has 1 amide bonds. The third kappa shape index (κ3) is 3.41. The molecule has 28 heavy (non-hydrogen) atoms. The summed E-state index contributed by atoms with van der Waals surface area (Å²) in [6.07, 6.45) is 0. The lowest BCUT2D eigenvalue weighted by molar-refractivity contribution is 0.0910. The fraction of sp³-hybridized carbons (Fsp3) is 0.409. The Morgan fingerprint density at radius 2 is 1.64 bits per heavy atom. The van der Waals surface area contributed by atoms with Gasteiger partial charge in [0.05, 0.1) is 10.6 Å². The van der Waals surface area contributed by atoms with Gasteiger partial charge in [-0.15, -0.1) is 0 Å². The molecule has 0 fully saturated rings. The molecule has 0 radical (unpaired) electrons. The van der Waals surface area contributed by atoms with E-state index in [1.54, 1.807) is 36.4 Å². The first-order chi connectivity index (χ1) is 13.2. The first-order valence-electron chi connectivity index (χ1n) is 9.75. The maximum absolute atomic E-state index is 13.0. The van der Waals surface area contributed by atoms with E-state index >= 15 is 0 Å². The van der Waals surface area contributed by atoms with Crippen molar-refractivity contribution in [2.24, 2.45) is 11.8 Å². The third-order valence-corrected chi connectivity index (χ3v) is 7.24. The molecule has 0 spiro atoms. The van der Waals surface area contributed by atoms with E-state index in [-0.39, 0.29) is 16.8 Å². The zero-order chi connectivity index (χ0) is 20.6. The second-order valence-corrected chi connectivity index (χ2v) is 9.72. The number of nitrogens with one attached hydrogen (secondary N) is 1. The molecule has 0 bridgehead atoms. The van der Waals surface area contributed by atoms with Crippen molar-refractivity contribution in [2.75, 3.05) is 10.8 Å². The van der Waals surface area contributed by atoms with Crippen LogP contribution < -0.4 is 9.62 Å². The average Bonchev–Trinajstić information content (AvgIpc) is 2.65. The van der Waals surface area contributed by atoms with Crippen LogP contribution in [0.5, 0.6) is 0 Å². The second kappa shape index (κ2) is 7.59. The lowest BCUT2D eigenvalue weighted by atomic mass is 9.92. The number of sulfonamides is 1. The van der Waals surface area contributed by atoms with Crippen molar-refractivity contribution in [2.45, 2.75) is 45.6 Å². The molecule has 0 aromatic heterocycles. The largest absolute Gasteiger partial charge is 0.349 e. The van der Waals surface area contributed by atoms with Crippen LogP contribution in [0.25, 0.3) is 11.1 Å². The van der Waals surface area contributed by atoms with E-state index in [2.05, 4.69) is 33.0 Å². The fourth-order valence-corrected chi connectivity index (χ4v) is 5.65. The quantitative estimate of drug-likeness (QED) is 0.814. The lowest BCUT2D eigenvalue weighted by Gasteiger charge is -2.31. The third-order valence-electron chi connectivity index (χ3n) is 5.29. The van der Waals surface area contributed by atoms with Crippen LogP contribution in [0.4, 0.5) is 5.69 Å². The van der Waals surface area contributed by atoms with Gasteiger partial charge in [0.2, 0.25) is 0 Å². The molecule has 5 nitrogen and oxygen atoms in total. The summed E-state index contributed by atoms with van der Waals surface area (Å²) in [5.41, 5.74) is 2.56. The van der Waals surface area contributed by atoms with Crippen molar-refractivity contribution in [3.8, 4) is 11.1 Å². The monoisotopic (exact) mass is 400 g/mol. The van der Waals surface area contributed by atoms with Crippen molar-refractivity contribution < 1.29 is 13.2 Å². The maximum Gasteiger partial charge on any atom is 0.264 e. The highest BCUT2D eigenvalue weighted by molar-refractivity contribution is 7.93. The van der Waals surface area contributed by atoms with Gasteiger partial charge in [-0.3, -0.25) is 9.10 Å². The van der Waals surface area contributed by atoms with Gasteiger partial charge in [0, 0.05) is 29.3 Å². The molecular weight excluding hydrogens is 372 g/mol. The number of carbonyl (C=O) groups is 1. The van der Waals surface area contributed by atoms with Gasteiger partial charge >= 0.3 is 0 Å². The number of rotatable bonds is 5. The van der Waals surface area contributed by atoms with Gasteiger partial charge in [-0.05, 0) is 43.0 Å².